The van der Waals surface area contributed by atoms with E-state index in [-0.39, 0.29) is 5.91 Å². The van der Waals surface area contributed by atoms with Crippen LogP contribution in [-0.2, 0) is 0 Å². The molecule has 6 nitrogen and oxygen atoms in total. The van der Waals surface area contributed by atoms with Gasteiger partial charge >= 0.3 is 0 Å². The Bertz CT molecular complexity index is 1010. The molecule has 1 aromatic heterocycles. The van der Waals surface area contributed by atoms with E-state index in [0.29, 0.717) is 11.3 Å². The predicted octanol–water partition coefficient (Wildman–Crippen LogP) is 4.55. The van der Waals surface area contributed by atoms with Crippen LogP contribution in [0.4, 0.5) is 22.7 Å². The van der Waals surface area contributed by atoms with Crippen molar-refractivity contribution in [2.75, 3.05) is 28.6 Å². The second-order valence-corrected chi connectivity index (χ2v) is 6.94. The molecule has 29 heavy (non-hydrogen) atoms. The van der Waals surface area contributed by atoms with E-state index in [0.717, 1.165) is 30.2 Å². The number of pyridine rings is 1. The first-order chi connectivity index (χ1) is 14.2. The van der Waals surface area contributed by atoms with Crippen molar-refractivity contribution in [2.45, 2.75) is 12.8 Å². The van der Waals surface area contributed by atoms with E-state index >= 15 is 0 Å². The summed E-state index contributed by atoms with van der Waals surface area (Å²) in [5.74, 6) is -0.246. The van der Waals surface area contributed by atoms with Gasteiger partial charge < -0.3 is 15.5 Å². The summed E-state index contributed by atoms with van der Waals surface area (Å²) in [5.41, 5.74) is 4.51. The number of benzene rings is 2. The molecule has 4 rings (SSSR count). The minimum Gasteiger partial charge on any atom is -0.372 e. The lowest BCUT2D eigenvalue weighted by Gasteiger charge is -2.17. The summed E-state index contributed by atoms with van der Waals surface area (Å²) in [6.45, 7) is 2.19. The molecule has 2 aromatic carbocycles. The Hall–Kier alpha value is -3.85. The average Bonchev–Trinajstić information content (AvgIpc) is 3.30. The third kappa shape index (κ3) is 4.53. The maximum atomic E-state index is 12.5. The first-order valence-electron chi connectivity index (χ1n) is 9.61. The molecule has 0 saturated carbocycles. The molecule has 1 saturated heterocycles. The fourth-order valence-electron chi connectivity index (χ4n) is 3.32. The summed E-state index contributed by atoms with van der Waals surface area (Å²) in [7, 11) is 0. The number of anilines is 4. The van der Waals surface area contributed by atoms with E-state index in [1.165, 1.54) is 18.5 Å². The number of nitriles is 1. The molecule has 144 valence electrons. The lowest BCUT2D eigenvalue weighted by molar-refractivity contribution is 0.102. The quantitative estimate of drug-likeness (QED) is 0.676. The topological polar surface area (TPSA) is 81.0 Å². The molecule has 0 bridgehead atoms. The molecule has 1 aliphatic rings. The molecule has 2 heterocycles. The smallest absolute Gasteiger partial charge is 0.274 e. The first-order valence-corrected chi connectivity index (χ1v) is 9.61. The highest BCUT2D eigenvalue weighted by Crippen LogP contribution is 2.22. The Balaban J connectivity index is 1.36. The van der Waals surface area contributed by atoms with Crippen LogP contribution in [0.5, 0.6) is 0 Å². The van der Waals surface area contributed by atoms with Crippen LogP contribution in [0.15, 0.2) is 66.9 Å². The lowest BCUT2D eigenvalue weighted by atomic mass is 10.2. The van der Waals surface area contributed by atoms with Gasteiger partial charge in [-0.15, -0.1) is 0 Å². The van der Waals surface area contributed by atoms with E-state index in [1.54, 1.807) is 30.5 Å². The van der Waals surface area contributed by atoms with Gasteiger partial charge in [-0.25, -0.2) is 4.98 Å². The third-order valence-corrected chi connectivity index (χ3v) is 4.90. The fourth-order valence-corrected chi connectivity index (χ4v) is 3.32. The highest BCUT2D eigenvalue weighted by Gasteiger charge is 2.13. The molecule has 1 amide bonds. The summed E-state index contributed by atoms with van der Waals surface area (Å²) < 4.78 is 0. The Morgan fingerprint density at radius 2 is 1.55 bits per heavy atom. The van der Waals surface area contributed by atoms with Crippen LogP contribution >= 0.6 is 0 Å². The summed E-state index contributed by atoms with van der Waals surface area (Å²) in [4.78, 5) is 19.1. The molecule has 2 N–H and O–H groups in total. The van der Waals surface area contributed by atoms with Crippen LogP contribution in [0.25, 0.3) is 0 Å². The number of hydrogen-bond acceptors (Lipinski definition) is 5. The number of amides is 1. The number of nitrogens with zero attached hydrogens (tertiary/aromatic N) is 3. The van der Waals surface area contributed by atoms with E-state index in [9.17, 15) is 4.79 Å². The number of carbonyl (C=O) groups is 1. The number of carbonyl (C=O) groups excluding carboxylic acids is 1. The Labute approximate surface area is 169 Å². The standard InChI is InChI=1S/C23H21N5O/c24-15-17-3-5-18(6-4-17)26-20-9-12-22(25-16-20)23(29)27-19-7-10-21(11-8-19)28-13-1-2-14-28/h3-12,16,26H,1-2,13-14H2,(H,27,29). The molecule has 0 atom stereocenters. The average molecular weight is 383 g/mol. The van der Waals surface area contributed by atoms with Crippen molar-refractivity contribution in [3.05, 3.63) is 78.1 Å². The third-order valence-electron chi connectivity index (χ3n) is 4.90. The lowest BCUT2D eigenvalue weighted by Crippen LogP contribution is -2.17. The van der Waals surface area contributed by atoms with Crippen molar-refractivity contribution in [2.24, 2.45) is 0 Å². The van der Waals surface area contributed by atoms with Gasteiger partial charge in [0.1, 0.15) is 5.69 Å². The Kier molecular flexibility index (Phi) is 5.39. The number of nitrogens with one attached hydrogen (secondary N) is 2. The molecular weight excluding hydrogens is 362 g/mol. The van der Waals surface area contributed by atoms with Crippen molar-refractivity contribution < 1.29 is 4.79 Å². The molecule has 3 aromatic rings. The zero-order valence-electron chi connectivity index (χ0n) is 15.9. The first kappa shape index (κ1) is 18.5. The molecule has 0 spiro atoms. The molecule has 0 radical (unpaired) electrons. The molecule has 0 aliphatic carbocycles. The van der Waals surface area contributed by atoms with Crippen LogP contribution in [0.2, 0.25) is 0 Å². The molecule has 0 unspecified atom stereocenters. The monoisotopic (exact) mass is 383 g/mol. The van der Waals surface area contributed by atoms with Crippen molar-refractivity contribution in [1.82, 2.24) is 4.98 Å². The second-order valence-electron chi connectivity index (χ2n) is 6.94. The maximum absolute atomic E-state index is 12.5. The molecule has 1 aliphatic heterocycles. The Morgan fingerprint density at radius 1 is 0.897 bits per heavy atom. The van der Waals surface area contributed by atoms with Gasteiger partial charge in [-0.3, -0.25) is 4.79 Å². The van der Waals surface area contributed by atoms with Gasteiger partial charge in [0, 0.05) is 30.2 Å². The predicted molar refractivity (Wildman–Crippen MR) is 115 cm³/mol. The number of aromatic nitrogens is 1. The normalized spacial score (nSPS) is 13.0. The van der Waals surface area contributed by atoms with Crippen molar-refractivity contribution in [3.63, 3.8) is 0 Å². The number of hydrogen-bond donors (Lipinski definition) is 2. The summed E-state index contributed by atoms with van der Waals surface area (Å²) >= 11 is 0. The van der Waals surface area contributed by atoms with Crippen LogP contribution in [0, 0.1) is 11.3 Å². The van der Waals surface area contributed by atoms with Crippen molar-refractivity contribution in [3.8, 4) is 6.07 Å². The fraction of sp³-hybridized carbons (Fsp3) is 0.174. The summed E-state index contributed by atoms with van der Waals surface area (Å²) in [6, 6.07) is 20.6. The largest absolute Gasteiger partial charge is 0.372 e. The van der Waals surface area contributed by atoms with Gasteiger partial charge in [-0.2, -0.15) is 5.26 Å². The maximum Gasteiger partial charge on any atom is 0.274 e. The highest BCUT2D eigenvalue weighted by molar-refractivity contribution is 6.03. The van der Waals surface area contributed by atoms with Gasteiger partial charge in [-0.05, 0) is 73.5 Å². The molecule has 6 heteroatoms. The van der Waals surface area contributed by atoms with Crippen molar-refractivity contribution in [1.29, 1.82) is 5.26 Å². The van der Waals surface area contributed by atoms with Gasteiger partial charge in [-0.1, -0.05) is 0 Å². The molecular formula is C23H21N5O. The highest BCUT2D eigenvalue weighted by atomic mass is 16.1. The van der Waals surface area contributed by atoms with E-state index in [2.05, 4.69) is 26.6 Å². The van der Waals surface area contributed by atoms with Crippen LogP contribution in [-0.4, -0.2) is 24.0 Å². The number of rotatable bonds is 5. The molecule has 1 fully saturated rings. The van der Waals surface area contributed by atoms with E-state index < -0.39 is 0 Å². The van der Waals surface area contributed by atoms with Crippen molar-refractivity contribution >= 4 is 28.7 Å². The zero-order chi connectivity index (χ0) is 20.1. The van der Waals surface area contributed by atoms with E-state index in [4.69, 9.17) is 5.26 Å². The Morgan fingerprint density at radius 3 is 2.17 bits per heavy atom. The summed E-state index contributed by atoms with van der Waals surface area (Å²) in [5, 5.41) is 14.9. The van der Waals surface area contributed by atoms with Crippen LogP contribution in [0.3, 0.4) is 0 Å². The SMILES string of the molecule is N#Cc1ccc(Nc2ccc(C(=O)Nc3ccc(N4CCCC4)cc3)nc2)cc1. The second kappa shape index (κ2) is 8.44. The van der Waals surface area contributed by atoms with Gasteiger partial charge in [0.15, 0.2) is 0 Å². The van der Waals surface area contributed by atoms with Gasteiger partial charge in [0.05, 0.1) is 23.5 Å². The van der Waals surface area contributed by atoms with E-state index in [1.807, 2.05) is 36.4 Å². The van der Waals surface area contributed by atoms with Crippen LogP contribution < -0.4 is 15.5 Å². The summed E-state index contributed by atoms with van der Waals surface area (Å²) in [6.07, 6.45) is 4.09. The van der Waals surface area contributed by atoms with Crippen LogP contribution in [0.1, 0.15) is 28.9 Å². The van der Waals surface area contributed by atoms with Gasteiger partial charge in [0.25, 0.3) is 5.91 Å². The zero-order valence-corrected chi connectivity index (χ0v) is 15.9. The van der Waals surface area contributed by atoms with Gasteiger partial charge in [0.2, 0.25) is 0 Å². The minimum atomic E-state index is -0.246. The minimum absolute atomic E-state index is 0.246.